The Hall–Kier alpha value is -8.74. The molecule has 1 aliphatic carbocycles. The van der Waals surface area contributed by atoms with Gasteiger partial charge in [-0.3, -0.25) is 0 Å². The standard InChI is InChI=1S/C59H34N4O2/c1-3-16-35(17-4-1)55-40-31-32-46-54(38-20-7-9-23-43(38)59(46)44-24-10-13-27-49(44)65-50-28-14-11-25-45(50)59)53(40)42-34-37(30-33-47(42)60-55)57-61-56(36-18-5-2-6-19-36)62-58(63-57)41-22-15-29-51-52(41)39-21-8-12-26-48(39)64-51/h1-34H. The van der Waals surface area contributed by atoms with Crippen LogP contribution in [0.2, 0.25) is 0 Å². The molecule has 0 unspecified atom stereocenters. The van der Waals surface area contributed by atoms with E-state index in [0.29, 0.717) is 17.5 Å². The van der Waals surface area contributed by atoms with E-state index in [1.807, 2.05) is 60.7 Å². The zero-order valence-corrected chi connectivity index (χ0v) is 34.7. The Morgan fingerprint density at radius 3 is 1.75 bits per heavy atom. The van der Waals surface area contributed by atoms with Crippen LogP contribution in [0.1, 0.15) is 22.3 Å². The van der Waals surface area contributed by atoms with Gasteiger partial charge in [0.25, 0.3) is 0 Å². The first-order valence-electron chi connectivity index (χ1n) is 21.9. The molecule has 302 valence electrons. The van der Waals surface area contributed by atoms with Gasteiger partial charge in [0.1, 0.15) is 22.7 Å². The number of nitrogens with zero attached hydrogens (tertiary/aromatic N) is 4. The van der Waals surface area contributed by atoms with Gasteiger partial charge in [-0.1, -0.05) is 164 Å². The second-order valence-corrected chi connectivity index (χ2v) is 16.8. The minimum Gasteiger partial charge on any atom is -0.457 e. The highest BCUT2D eigenvalue weighted by molar-refractivity contribution is 6.20. The van der Waals surface area contributed by atoms with Gasteiger partial charge in [-0.15, -0.1) is 0 Å². The van der Waals surface area contributed by atoms with E-state index >= 15 is 0 Å². The number of furan rings is 1. The normalized spacial score (nSPS) is 13.2. The lowest BCUT2D eigenvalue weighted by molar-refractivity contribution is 0.436. The molecule has 0 fully saturated rings. The van der Waals surface area contributed by atoms with Crippen molar-refractivity contribution >= 4 is 43.6 Å². The number of benzene rings is 9. The van der Waals surface area contributed by atoms with Crippen molar-refractivity contribution in [3.05, 3.63) is 229 Å². The Kier molecular flexibility index (Phi) is 7.51. The molecule has 12 aromatic rings. The average Bonchev–Trinajstić information content (AvgIpc) is 3.90. The molecule has 0 atom stereocenters. The molecular weight excluding hydrogens is 797 g/mol. The number of ether oxygens (including phenoxy) is 1. The molecule has 6 heteroatoms. The molecule has 4 heterocycles. The maximum absolute atomic E-state index is 6.68. The van der Waals surface area contributed by atoms with Crippen molar-refractivity contribution in [2.75, 3.05) is 0 Å². The minimum atomic E-state index is -0.627. The Labute approximate surface area is 373 Å². The predicted molar refractivity (Wildman–Crippen MR) is 259 cm³/mol. The van der Waals surface area contributed by atoms with Crippen molar-refractivity contribution in [3.63, 3.8) is 0 Å². The fourth-order valence-corrected chi connectivity index (χ4v) is 10.7. The zero-order chi connectivity index (χ0) is 42.6. The van der Waals surface area contributed by atoms with Crippen molar-refractivity contribution in [1.82, 2.24) is 19.9 Å². The highest BCUT2D eigenvalue weighted by Gasteiger charge is 2.51. The van der Waals surface area contributed by atoms with Crippen LogP contribution in [0.15, 0.2) is 211 Å². The second kappa shape index (κ2) is 13.6. The fraction of sp³-hybridized carbons (Fsp3) is 0.0169. The quantitative estimate of drug-likeness (QED) is 0.165. The van der Waals surface area contributed by atoms with Crippen molar-refractivity contribution in [3.8, 4) is 68.0 Å². The number of hydrogen-bond donors (Lipinski definition) is 0. The first kappa shape index (κ1) is 35.8. The molecule has 0 saturated heterocycles. The molecule has 1 spiro atoms. The Morgan fingerprint density at radius 1 is 0.354 bits per heavy atom. The van der Waals surface area contributed by atoms with Crippen LogP contribution in [0, 0.1) is 0 Å². The summed E-state index contributed by atoms with van der Waals surface area (Å²) in [5.74, 6) is 3.45. The number of fused-ring (bicyclic) bond motifs is 16. The molecule has 0 N–H and O–H groups in total. The van der Waals surface area contributed by atoms with E-state index in [0.717, 1.165) is 94.2 Å². The largest absolute Gasteiger partial charge is 0.457 e. The molecule has 65 heavy (non-hydrogen) atoms. The van der Waals surface area contributed by atoms with Gasteiger partial charge in [0.05, 0.1) is 16.6 Å². The number of hydrogen-bond acceptors (Lipinski definition) is 6. The number of rotatable bonds is 4. The van der Waals surface area contributed by atoms with E-state index in [1.165, 1.54) is 22.3 Å². The summed E-state index contributed by atoms with van der Waals surface area (Å²) in [6.07, 6.45) is 0. The summed E-state index contributed by atoms with van der Waals surface area (Å²) in [6, 6.07) is 71.9. The molecule has 2 aliphatic rings. The highest BCUT2D eigenvalue weighted by atomic mass is 16.5. The third kappa shape index (κ3) is 5.10. The molecular formula is C59H34N4O2. The summed E-state index contributed by atoms with van der Waals surface area (Å²) in [4.78, 5) is 21.2. The summed E-state index contributed by atoms with van der Waals surface area (Å²) in [5.41, 5.74) is 13.5. The third-order valence-corrected chi connectivity index (χ3v) is 13.4. The van der Waals surface area contributed by atoms with Crippen LogP contribution < -0.4 is 4.74 Å². The van der Waals surface area contributed by atoms with Gasteiger partial charge in [0.2, 0.25) is 0 Å². The van der Waals surface area contributed by atoms with E-state index in [2.05, 4.69) is 146 Å². The monoisotopic (exact) mass is 830 g/mol. The van der Waals surface area contributed by atoms with Crippen molar-refractivity contribution in [2.45, 2.75) is 5.41 Å². The molecule has 0 amide bonds. The van der Waals surface area contributed by atoms with E-state index < -0.39 is 5.41 Å². The van der Waals surface area contributed by atoms with Gasteiger partial charge in [0.15, 0.2) is 17.5 Å². The van der Waals surface area contributed by atoms with Gasteiger partial charge in [-0.2, -0.15) is 0 Å². The lowest BCUT2D eigenvalue weighted by Crippen LogP contribution is -2.32. The summed E-state index contributed by atoms with van der Waals surface area (Å²) >= 11 is 0. The lowest BCUT2D eigenvalue weighted by Gasteiger charge is -2.39. The van der Waals surface area contributed by atoms with Crippen LogP contribution in [0.25, 0.3) is 100 Å². The molecule has 0 radical (unpaired) electrons. The van der Waals surface area contributed by atoms with Crippen LogP contribution >= 0.6 is 0 Å². The maximum atomic E-state index is 6.68. The Balaban J connectivity index is 1.08. The fourth-order valence-electron chi connectivity index (χ4n) is 10.7. The first-order chi connectivity index (χ1) is 32.2. The van der Waals surface area contributed by atoms with E-state index in [9.17, 15) is 0 Å². The van der Waals surface area contributed by atoms with Crippen molar-refractivity contribution < 1.29 is 9.15 Å². The third-order valence-electron chi connectivity index (χ3n) is 13.4. The molecule has 3 aromatic heterocycles. The smallest absolute Gasteiger partial charge is 0.164 e. The Morgan fingerprint density at radius 2 is 0.969 bits per heavy atom. The summed E-state index contributed by atoms with van der Waals surface area (Å²) in [5, 5.41) is 5.20. The maximum Gasteiger partial charge on any atom is 0.164 e. The molecule has 9 aromatic carbocycles. The highest BCUT2D eigenvalue weighted by Crippen LogP contribution is 2.63. The topological polar surface area (TPSA) is 73.9 Å². The average molecular weight is 831 g/mol. The second-order valence-electron chi connectivity index (χ2n) is 16.8. The summed E-state index contributed by atoms with van der Waals surface area (Å²) < 4.78 is 13.0. The molecule has 0 saturated carbocycles. The molecule has 6 nitrogen and oxygen atoms in total. The van der Waals surface area contributed by atoms with E-state index in [1.54, 1.807) is 0 Å². The molecule has 1 aliphatic heterocycles. The summed E-state index contributed by atoms with van der Waals surface area (Å²) in [6.45, 7) is 0. The van der Waals surface area contributed by atoms with Gasteiger partial charge < -0.3 is 9.15 Å². The van der Waals surface area contributed by atoms with Gasteiger partial charge in [-0.25, -0.2) is 19.9 Å². The Bertz CT molecular complexity index is 3890. The zero-order valence-electron chi connectivity index (χ0n) is 34.7. The van der Waals surface area contributed by atoms with Gasteiger partial charge in [0, 0.05) is 60.3 Å². The van der Waals surface area contributed by atoms with Crippen LogP contribution in [0.3, 0.4) is 0 Å². The first-order valence-corrected chi connectivity index (χ1v) is 21.9. The van der Waals surface area contributed by atoms with Gasteiger partial charge >= 0.3 is 0 Å². The van der Waals surface area contributed by atoms with E-state index in [4.69, 9.17) is 29.1 Å². The molecule has 14 rings (SSSR count). The van der Waals surface area contributed by atoms with Gasteiger partial charge in [-0.05, 0) is 64.7 Å². The minimum absolute atomic E-state index is 0.567. The number of pyridine rings is 1. The van der Waals surface area contributed by atoms with Crippen LogP contribution in [-0.2, 0) is 5.41 Å². The van der Waals surface area contributed by atoms with Crippen molar-refractivity contribution in [1.29, 1.82) is 0 Å². The molecule has 0 bridgehead atoms. The van der Waals surface area contributed by atoms with Crippen LogP contribution in [0.5, 0.6) is 11.5 Å². The lowest BCUT2D eigenvalue weighted by atomic mass is 9.66. The van der Waals surface area contributed by atoms with Crippen LogP contribution in [0.4, 0.5) is 0 Å². The van der Waals surface area contributed by atoms with Crippen molar-refractivity contribution in [2.24, 2.45) is 0 Å². The SMILES string of the molecule is c1ccc(-c2nc(-c3ccc4nc(-c5ccccc5)c5ccc6c(c5c4c3)-c3ccccc3C63c4ccccc4Oc4ccccc43)nc(-c3cccc4oc5ccccc5c34)n2)cc1. The predicted octanol–water partition coefficient (Wildman–Crippen LogP) is 14.6. The number of aromatic nitrogens is 4. The van der Waals surface area contributed by atoms with E-state index in [-0.39, 0.29) is 0 Å². The van der Waals surface area contributed by atoms with Crippen LogP contribution in [-0.4, -0.2) is 19.9 Å². The summed E-state index contributed by atoms with van der Waals surface area (Å²) in [7, 11) is 0. The number of para-hydroxylation sites is 3.